The number of nitrogens with zero attached hydrogens (tertiary/aromatic N) is 3. The van der Waals surface area contributed by atoms with E-state index in [1.165, 1.54) is 19.3 Å². The van der Waals surface area contributed by atoms with Gasteiger partial charge >= 0.3 is 0 Å². The Labute approximate surface area is 110 Å². The second-order valence-corrected chi connectivity index (χ2v) is 4.84. The zero-order chi connectivity index (χ0) is 12.3. The van der Waals surface area contributed by atoms with E-state index in [-0.39, 0.29) is 15.9 Å². The van der Waals surface area contributed by atoms with Gasteiger partial charge in [0, 0.05) is 6.04 Å². The molecule has 4 nitrogen and oxygen atoms in total. The molecule has 0 aromatic carbocycles. The Kier molecular flexibility index (Phi) is 4.03. The fourth-order valence-electron chi connectivity index (χ4n) is 2.08. The molecule has 1 aliphatic rings. The van der Waals surface area contributed by atoms with E-state index in [1.807, 2.05) is 6.07 Å². The van der Waals surface area contributed by atoms with Crippen LogP contribution in [0.1, 0.15) is 37.7 Å². The lowest BCUT2D eigenvalue weighted by Crippen LogP contribution is -2.23. The minimum atomic E-state index is 0.0928. The molecule has 0 saturated heterocycles. The molecule has 1 saturated carbocycles. The lowest BCUT2D eigenvalue weighted by atomic mass is 9.95. The maximum Gasteiger partial charge on any atom is 0.176 e. The number of aromatic nitrogens is 2. The first-order valence-electron chi connectivity index (χ1n) is 5.60. The van der Waals surface area contributed by atoms with Crippen LogP contribution in [0.3, 0.4) is 0 Å². The van der Waals surface area contributed by atoms with Crippen LogP contribution in [0.4, 0.5) is 5.69 Å². The first kappa shape index (κ1) is 12.4. The molecule has 0 bridgehead atoms. The standard InChI is InChI=1S/C11H12Cl2N4/c12-10-8(6-14)9(11(13)17-16-10)15-7-4-2-1-3-5-7/h7H,1-5H2,(H,15,16). The van der Waals surface area contributed by atoms with Crippen LogP contribution in [-0.4, -0.2) is 16.2 Å². The molecule has 1 aliphatic carbocycles. The molecule has 0 spiro atoms. The molecule has 0 atom stereocenters. The van der Waals surface area contributed by atoms with Crippen molar-refractivity contribution in [3.63, 3.8) is 0 Å². The highest BCUT2D eigenvalue weighted by molar-refractivity contribution is 6.34. The van der Waals surface area contributed by atoms with Gasteiger partial charge in [-0.15, -0.1) is 10.2 Å². The molecule has 17 heavy (non-hydrogen) atoms. The second kappa shape index (κ2) is 5.52. The Balaban J connectivity index is 2.25. The molecule has 1 aromatic heterocycles. The number of rotatable bonds is 2. The summed E-state index contributed by atoms with van der Waals surface area (Å²) in [6.07, 6.45) is 5.83. The SMILES string of the molecule is N#Cc1c(Cl)nnc(Cl)c1NC1CCCCC1. The Morgan fingerprint density at radius 2 is 1.76 bits per heavy atom. The van der Waals surface area contributed by atoms with Crippen molar-refractivity contribution in [2.24, 2.45) is 0 Å². The summed E-state index contributed by atoms with van der Waals surface area (Å²) < 4.78 is 0. The van der Waals surface area contributed by atoms with Gasteiger partial charge in [0.2, 0.25) is 0 Å². The van der Waals surface area contributed by atoms with Crippen LogP contribution in [0.2, 0.25) is 10.3 Å². The summed E-state index contributed by atoms with van der Waals surface area (Å²) in [6, 6.07) is 2.35. The summed E-state index contributed by atoms with van der Waals surface area (Å²) in [5.41, 5.74) is 0.790. The van der Waals surface area contributed by atoms with Gasteiger partial charge in [-0.25, -0.2) is 0 Å². The topological polar surface area (TPSA) is 61.6 Å². The fraction of sp³-hybridized carbons (Fsp3) is 0.545. The van der Waals surface area contributed by atoms with Crippen molar-refractivity contribution in [3.8, 4) is 6.07 Å². The largest absolute Gasteiger partial charge is 0.379 e. The Morgan fingerprint density at radius 1 is 1.12 bits per heavy atom. The first-order valence-corrected chi connectivity index (χ1v) is 6.36. The summed E-state index contributed by atoms with van der Waals surface area (Å²) in [6.45, 7) is 0. The van der Waals surface area contributed by atoms with Gasteiger partial charge in [0.1, 0.15) is 11.6 Å². The van der Waals surface area contributed by atoms with Gasteiger partial charge in [-0.05, 0) is 12.8 Å². The Hall–Kier alpha value is -1.05. The number of nitriles is 1. The van der Waals surface area contributed by atoms with E-state index in [0.717, 1.165) is 12.8 Å². The van der Waals surface area contributed by atoms with Crippen LogP contribution in [0.15, 0.2) is 0 Å². The van der Waals surface area contributed by atoms with Crippen molar-refractivity contribution < 1.29 is 0 Å². The molecule has 0 unspecified atom stereocenters. The van der Waals surface area contributed by atoms with Crippen LogP contribution < -0.4 is 5.32 Å². The summed E-state index contributed by atoms with van der Waals surface area (Å²) in [4.78, 5) is 0. The van der Waals surface area contributed by atoms with Crippen LogP contribution in [0, 0.1) is 11.3 Å². The van der Waals surface area contributed by atoms with Gasteiger partial charge in [-0.2, -0.15) is 5.26 Å². The van der Waals surface area contributed by atoms with E-state index >= 15 is 0 Å². The van der Waals surface area contributed by atoms with E-state index in [2.05, 4.69) is 15.5 Å². The lowest BCUT2D eigenvalue weighted by Gasteiger charge is -2.24. The Bertz CT molecular complexity index is 450. The molecule has 1 N–H and O–H groups in total. The van der Waals surface area contributed by atoms with Crippen molar-refractivity contribution in [2.45, 2.75) is 38.1 Å². The quantitative estimate of drug-likeness (QED) is 0.895. The third-order valence-corrected chi connectivity index (χ3v) is 3.48. The summed E-state index contributed by atoms with van der Waals surface area (Å²) in [5.74, 6) is 0. The van der Waals surface area contributed by atoms with Crippen molar-refractivity contribution in [1.29, 1.82) is 5.26 Å². The van der Waals surface area contributed by atoms with Gasteiger partial charge in [0.15, 0.2) is 10.3 Å². The Morgan fingerprint density at radius 3 is 2.41 bits per heavy atom. The van der Waals surface area contributed by atoms with Gasteiger partial charge in [0.25, 0.3) is 0 Å². The van der Waals surface area contributed by atoms with Crippen LogP contribution >= 0.6 is 23.2 Å². The zero-order valence-corrected chi connectivity index (χ0v) is 10.7. The third-order valence-electron chi connectivity index (χ3n) is 2.95. The van der Waals surface area contributed by atoms with Crippen molar-refractivity contribution in [2.75, 3.05) is 5.32 Å². The van der Waals surface area contributed by atoms with Gasteiger partial charge in [-0.1, -0.05) is 42.5 Å². The summed E-state index contributed by atoms with van der Waals surface area (Å²) in [7, 11) is 0. The number of hydrogen-bond donors (Lipinski definition) is 1. The van der Waals surface area contributed by atoms with Crippen LogP contribution in [0.5, 0.6) is 0 Å². The molecule has 1 fully saturated rings. The minimum absolute atomic E-state index is 0.0928. The highest BCUT2D eigenvalue weighted by Gasteiger charge is 2.19. The van der Waals surface area contributed by atoms with Crippen LogP contribution in [0.25, 0.3) is 0 Å². The maximum absolute atomic E-state index is 9.05. The molecule has 1 aromatic rings. The second-order valence-electron chi connectivity index (χ2n) is 4.12. The minimum Gasteiger partial charge on any atom is -0.379 e. The molecule has 0 aliphatic heterocycles. The fourth-order valence-corrected chi connectivity index (χ4v) is 2.44. The van der Waals surface area contributed by atoms with E-state index in [4.69, 9.17) is 28.5 Å². The average Bonchev–Trinajstić information content (AvgIpc) is 2.35. The smallest absolute Gasteiger partial charge is 0.176 e. The van der Waals surface area contributed by atoms with E-state index in [1.54, 1.807) is 0 Å². The predicted molar refractivity (Wildman–Crippen MR) is 67.3 cm³/mol. The van der Waals surface area contributed by atoms with E-state index in [0.29, 0.717) is 11.7 Å². The summed E-state index contributed by atoms with van der Waals surface area (Å²) >= 11 is 11.8. The van der Waals surface area contributed by atoms with Crippen molar-refractivity contribution in [1.82, 2.24) is 10.2 Å². The maximum atomic E-state index is 9.05. The number of nitrogens with one attached hydrogen (secondary N) is 1. The van der Waals surface area contributed by atoms with Gasteiger partial charge < -0.3 is 5.32 Å². The molecular weight excluding hydrogens is 259 g/mol. The van der Waals surface area contributed by atoms with Crippen molar-refractivity contribution >= 4 is 28.9 Å². The first-order chi connectivity index (χ1) is 8.22. The monoisotopic (exact) mass is 270 g/mol. The molecule has 90 valence electrons. The zero-order valence-electron chi connectivity index (χ0n) is 9.21. The molecule has 0 radical (unpaired) electrons. The molecule has 6 heteroatoms. The number of hydrogen-bond acceptors (Lipinski definition) is 4. The predicted octanol–water partition coefficient (Wildman–Crippen LogP) is 3.40. The molecule has 1 heterocycles. The average molecular weight is 271 g/mol. The van der Waals surface area contributed by atoms with Crippen molar-refractivity contribution in [3.05, 3.63) is 15.9 Å². The van der Waals surface area contributed by atoms with E-state index in [9.17, 15) is 0 Å². The number of anilines is 1. The van der Waals surface area contributed by atoms with Crippen LogP contribution in [-0.2, 0) is 0 Å². The highest BCUT2D eigenvalue weighted by Crippen LogP contribution is 2.30. The van der Waals surface area contributed by atoms with E-state index < -0.39 is 0 Å². The molecular formula is C11H12Cl2N4. The van der Waals surface area contributed by atoms with Gasteiger partial charge in [-0.3, -0.25) is 0 Å². The third kappa shape index (κ3) is 2.80. The lowest BCUT2D eigenvalue weighted by molar-refractivity contribution is 0.462. The number of halogens is 2. The highest BCUT2D eigenvalue weighted by atomic mass is 35.5. The molecule has 2 rings (SSSR count). The normalized spacial score (nSPS) is 16.5. The molecule has 0 amide bonds. The van der Waals surface area contributed by atoms with Gasteiger partial charge in [0.05, 0.1) is 5.69 Å². The summed E-state index contributed by atoms with van der Waals surface area (Å²) in [5, 5.41) is 20.0.